The van der Waals surface area contributed by atoms with E-state index in [1.165, 1.54) is 44.9 Å². The Morgan fingerprint density at radius 3 is 2.08 bits per heavy atom. The molecule has 0 radical (unpaired) electrons. The molecule has 2 unspecified atom stereocenters. The number of aliphatic hydroxyl groups excluding tert-OH is 1. The Balaban J connectivity index is 1.52. The van der Waals surface area contributed by atoms with E-state index in [2.05, 4.69) is 6.92 Å². The molecular formula is C30H52O7. The molecule has 2 aliphatic heterocycles. The second-order valence-electron chi connectivity index (χ2n) is 11.3. The summed E-state index contributed by atoms with van der Waals surface area (Å²) in [5.74, 6) is 0.0817. The summed E-state index contributed by atoms with van der Waals surface area (Å²) < 4.78 is 23.3. The summed E-state index contributed by atoms with van der Waals surface area (Å²) >= 11 is 0. The minimum atomic E-state index is -1.12. The van der Waals surface area contributed by atoms with E-state index in [0.717, 1.165) is 64.2 Å². The second-order valence-corrected chi connectivity index (χ2v) is 11.3. The lowest BCUT2D eigenvalue weighted by atomic mass is 9.86. The van der Waals surface area contributed by atoms with Gasteiger partial charge in [-0.15, -0.1) is 0 Å². The standard InChI is InChI=1S/C30H52O7/c1-2-3-4-5-6-7-14-23-19-20-25(31)24(23)15-8-9-16-26(36-27-17-10-12-21-34-27)29(30(32)33)37-28-18-11-13-22-35-28/h23-25,27-28,31H,2-22H2,1H3,(H,32,33)/t23-,24+,25-,27?,28?/m0/s1. The van der Waals surface area contributed by atoms with Crippen LogP contribution in [0, 0.1) is 11.8 Å². The number of unbranched alkanes of at least 4 members (excludes halogenated alkanes) is 6. The molecule has 2 saturated heterocycles. The van der Waals surface area contributed by atoms with Gasteiger partial charge in [-0.3, -0.25) is 0 Å². The van der Waals surface area contributed by atoms with Crippen molar-refractivity contribution in [3.8, 4) is 0 Å². The molecule has 2 heterocycles. The molecule has 0 spiro atoms. The zero-order chi connectivity index (χ0) is 26.3. The van der Waals surface area contributed by atoms with Crippen LogP contribution in [-0.4, -0.2) is 48.1 Å². The third-order valence-electron chi connectivity index (χ3n) is 8.30. The summed E-state index contributed by atoms with van der Waals surface area (Å²) in [6, 6.07) is 0. The van der Waals surface area contributed by atoms with Gasteiger partial charge in [-0.2, -0.15) is 0 Å². The van der Waals surface area contributed by atoms with E-state index >= 15 is 0 Å². The van der Waals surface area contributed by atoms with Crippen LogP contribution in [0.15, 0.2) is 11.5 Å². The Morgan fingerprint density at radius 2 is 1.43 bits per heavy atom. The Bertz CT molecular complexity index is 667. The first-order valence-electron chi connectivity index (χ1n) is 15.3. The maximum absolute atomic E-state index is 12.2. The first kappa shape index (κ1) is 30.2. The van der Waals surface area contributed by atoms with Crippen molar-refractivity contribution in [2.24, 2.45) is 11.8 Å². The van der Waals surface area contributed by atoms with Crippen molar-refractivity contribution >= 4 is 5.97 Å². The van der Waals surface area contributed by atoms with Crippen LogP contribution >= 0.6 is 0 Å². The predicted octanol–water partition coefficient (Wildman–Crippen LogP) is 7.07. The van der Waals surface area contributed by atoms with Gasteiger partial charge in [0.15, 0.2) is 12.6 Å². The molecule has 1 aliphatic carbocycles. The van der Waals surface area contributed by atoms with Crippen LogP contribution in [-0.2, 0) is 23.7 Å². The fraction of sp³-hybridized carbons (Fsp3) is 0.900. The lowest BCUT2D eigenvalue weighted by Gasteiger charge is -2.28. The quantitative estimate of drug-likeness (QED) is 0.119. The van der Waals surface area contributed by atoms with E-state index in [0.29, 0.717) is 43.7 Å². The van der Waals surface area contributed by atoms with Crippen LogP contribution in [0.1, 0.15) is 129 Å². The average Bonchev–Trinajstić information content (AvgIpc) is 3.26. The number of ether oxygens (including phenoxy) is 4. The second kappa shape index (κ2) is 17.3. The number of hydrogen-bond donors (Lipinski definition) is 2. The van der Waals surface area contributed by atoms with Gasteiger partial charge < -0.3 is 29.2 Å². The molecule has 3 rings (SSSR count). The smallest absolute Gasteiger partial charge is 0.374 e. The molecule has 3 aliphatic rings. The minimum Gasteiger partial charge on any atom is -0.475 e. The number of carbonyl (C=O) groups is 1. The molecule has 7 heteroatoms. The number of allylic oxidation sites excluding steroid dienone is 1. The molecule has 214 valence electrons. The van der Waals surface area contributed by atoms with E-state index in [-0.39, 0.29) is 11.9 Å². The molecule has 37 heavy (non-hydrogen) atoms. The zero-order valence-corrected chi connectivity index (χ0v) is 23.2. The first-order valence-corrected chi connectivity index (χ1v) is 15.3. The average molecular weight is 525 g/mol. The van der Waals surface area contributed by atoms with Crippen LogP contribution in [0.4, 0.5) is 0 Å². The number of carboxylic acids is 1. The van der Waals surface area contributed by atoms with Gasteiger partial charge in [0.2, 0.25) is 5.76 Å². The molecule has 0 amide bonds. The van der Waals surface area contributed by atoms with E-state index in [1.807, 2.05) is 0 Å². The monoisotopic (exact) mass is 524 g/mol. The molecule has 0 aromatic carbocycles. The van der Waals surface area contributed by atoms with Gasteiger partial charge in [0.1, 0.15) is 5.76 Å². The fourth-order valence-corrected chi connectivity index (χ4v) is 6.13. The van der Waals surface area contributed by atoms with Crippen molar-refractivity contribution in [1.82, 2.24) is 0 Å². The Labute approximate surface area is 224 Å². The summed E-state index contributed by atoms with van der Waals surface area (Å²) in [4.78, 5) is 12.2. The fourth-order valence-electron chi connectivity index (χ4n) is 6.13. The lowest BCUT2D eigenvalue weighted by Crippen LogP contribution is -2.27. The van der Waals surface area contributed by atoms with Crippen molar-refractivity contribution in [2.45, 2.75) is 148 Å². The summed E-state index contributed by atoms with van der Waals surface area (Å²) in [7, 11) is 0. The van der Waals surface area contributed by atoms with Gasteiger partial charge in [0.05, 0.1) is 19.3 Å². The van der Waals surface area contributed by atoms with Gasteiger partial charge in [-0.1, -0.05) is 58.3 Å². The molecule has 2 N–H and O–H groups in total. The van der Waals surface area contributed by atoms with E-state index < -0.39 is 18.5 Å². The van der Waals surface area contributed by atoms with Crippen LogP contribution < -0.4 is 0 Å². The topological polar surface area (TPSA) is 94.5 Å². The SMILES string of the molecule is CCCCCCCC[C@H]1CC[C@H](O)[C@@H]1CCCCC(OC1CCCCO1)=C(OC1CCCCO1)C(=O)O. The molecule has 0 aromatic rings. The predicted molar refractivity (Wildman–Crippen MR) is 143 cm³/mol. The first-order chi connectivity index (χ1) is 18.1. The van der Waals surface area contributed by atoms with Gasteiger partial charge in [-0.05, 0) is 63.2 Å². The van der Waals surface area contributed by atoms with Crippen LogP contribution in [0.25, 0.3) is 0 Å². The number of aliphatic carboxylic acids is 1. The van der Waals surface area contributed by atoms with Gasteiger partial charge >= 0.3 is 5.97 Å². The highest BCUT2D eigenvalue weighted by Crippen LogP contribution is 2.39. The van der Waals surface area contributed by atoms with Crippen molar-refractivity contribution in [1.29, 1.82) is 0 Å². The molecule has 1 saturated carbocycles. The normalized spacial score (nSPS) is 29.1. The van der Waals surface area contributed by atoms with E-state index in [9.17, 15) is 15.0 Å². The lowest BCUT2D eigenvalue weighted by molar-refractivity contribution is -0.170. The van der Waals surface area contributed by atoms with Gasteiger partial charge in [0.25, 0.3) is 0 Å². The largest absolute Gasteiger partial charge is 0.475 e. The maximum Gasteiger partial charge on any atom is 0.374 e. The molecule has 0 aromatic heterocycles. The van der Waals surface area contributed by atoms with Crippen molar-refractivity contribution in [3.63, 3.8) is 0 Å². The van der Waals surface area contributed by atoms with E-state index in [1.54, 1.807) is 0 Å². The molecule has 3 fully saturated rings. The maximum atomic E-state index is 12.2. The van der Waals surface area contributed by atoms with Crippen LogP contribution in [0.5, 0.6) is 0 Å². The minimum absolute atomic E-state index is 0.136. The Hall–Kier alpha value is -1.31. The number of rotatable bonds is 17. The summed E-state index contributed by atoms with van der Waals surface area (Å²) in [5, 5.41) is 20.6. The molecular weight excluding hydrogens is 472 g/mol. The van der Waals surface area contributed by atoms with E-state index in [4.69, 9.17) is 18.9 Å². The summed E-state index contributed by atoms with van der Waals surface area (Å²) in [5.41, 5.74) is 0. The molecule has 7 nitrogen and oxygen atoms in total. The Morgan fingerprint density at radius 1 is 0.784 bits per heavy atom. The summed E-state index contributed by atoms with van der Waals surface area (Å²) in [6.07, 6.45) is 18.5. The number of aliphatic hydroxyl groups is 1. The van der Waals surface area contributed by atoms with Crippen LogP contribution in [0.3, 0.4) is 0 Å². The van der Waals surface area contributed by atoms with Gasteiger partial charge in [-0.25, -0.2) is 4.79 Å². The molecule has 0 bridgehead atoms. The van der Waals surface area contributed by atoms with Crippen molar-refractivity contribution in [3.05, 3.63) is 11.5 Å². The highest BCUT2D eigenvalue weighted by atomic mass is 16.7. The zero-order valence-electron chi connectivity index (χ0n) is 23.2. The Kier molecular flexibility index (Phi) is 14.1. The third-order valence-corrected chi connectivity index (χ3v) is 8.30. The summed E-state index contributed by atoms with van der Waals surface area (Å²) in [6.45, 7) is 3.47. The van der Waals surface area contributed by atoms with Crippen LogP contribution in [0.2, 0.25) is 0 Å². The number of hydrogen-bond acceptors (Lipinski definition) is 6. The third kappa shape index (κ3) is 10.8. The molecule has 5 atom stereocenters. The van der Waals surface area contributed by atoms with Gasteiger partial charge in [0, 0.05) is 19.3 Å². The van der Waals surface area contributed by atoms with Crippen molar-refractivity contribution in [2.75, 3.05) is 13.2 Å². The highest BCUT2D eigenvalue weighted by Gasteiger charge is 2.34. The van der Waals surface area contributed by atoms with Crippen molar-refractivity contribution < 1.29 is 34.0 Å². The number of carboxylic acid groups (broad SMARTS) is 1. The highest BCUT2D eigenvalue weighted by molar-refractivity contribution is 5.84.